The molecule has 3 N–H and O–H groups in total. The van der Waals surface area contributed by atoms with Crippen LogP contribution in [0.15, 0.2) is 0 Å². The summed E-state index contributed by atoms with van der Waals surface area (Å²) in [6.45, 7) is 0. The molecule has 0 atom stereocenters. The Hall–Kier alpha value is -0.910. The zero-order valence-electron chi connectivity index (χ0n) is 4.46. The lowest BCUT2D eigenvalue weighted by atomic mass is 10.9. The van der Waals surface area contributed by atoms with Gasteiger partial charge in [-0.3, -0.25) is 0 Å². The zero-order valence-corrected chi connectivity index (χ0v) is 5.27. The molecule has 0 aromatic carbocycles. The van der Waals surface area contributed by atoms with Gasteiger partial charge in [-0.1, -0.05) is 0 Å². The first kappa shape index (κ1) is 6.21. The number of nitrogens with one attached hydrogen (secondary N) is 1. The van der Waals surface area contributed by atoms with Crippen molar-refractivity contribution in [2.24, 2.45) is 5.73 Å². The largest absolute Gasteiger partial charge is 0.350 e. The van der Waals surface area contributed by atoms with Gasteiger partial charge in [-0.2, -0.15) is 4.31 Å². The number of imide groups is 1. The molecule has 0 unspecified atom stereocenters. The first-order valence-corrected chi connectivity index (χ1v) is 3.16. The van der Waals surface area contributed by atoms with Crippen molar-refractivity contribution < 1.29 is 9.59 Å². The molecule has 4 amide bonds. The van der Waals surface area contributed by atoms with Gasteiger partial charge in [-0.25, -0.2) is 9.59 Å². The second-order valence-corrected chi connectivity index (χ2v) is 2.30. The number of rotatable bonds is 0. The molecule has 0 spiro atoms. The molecular weight excluding hydrogens is 142 g/mol. The van der Waals surface area contributed by atoms with Crippen molar-refractivity contribution in [2.75, 3.05) is 5.88 Å². The van der Waals surface area contributed by atoms with Gasteiger partial charge in [0.25, 0.3) is 0 Å². The normalized spacial score (nSPS) is 17.8. The van der Waals surface area contributed by atoms with Crippen LogP contribution < -0.4 is 11.1 Å². The Morgan fingerprint density at radius 2 is 2.56 bits per heavy atom. The fourth-order valence-electron chi connectivity index (χ4n) is 0.453. The van der Waals surface area contributed by atoms with Crippen molar-refractivity contribution in [1.82, 2.24) is 9.62 Å². The van der Waals surface area contributed by atoms with E-state index in [9.17, 15) is 9.59 Å². The van der Waals surface area contributed by atoms with Crippen LogP contribution in [0.1, 0.15) is 0 Å². The summed E-state index contributed by atoms with van der Waals surface area (Å²) < 4.78 is 0.875. The van der Waals surface area contributed by atoms with E-state index in [1.165, 1.54) is 0 Å². The first-order chi connectivity index (χ1) is 4.22. The van der Waals surface area contributed by atoms with E-state index in [0.29, 0.717) is 5.88 Å². The Balaban J connectivity index is 2.60. The highest BCUT2D eigenvalue weighted by Crippen LogP contribution is 2.13. The van der Waals surface area contributed by atoms with Crippen molar-refractivity contribution in [3.8, 4) is 0 Å². The summed E-state index contributed by atoms with van der Waals surface area (Å²) in [4.78, 5) is 20.8. The number of hydrogen-bond acceptors (Lipinski definition) is 3. The monoisotopic (exact) mass is 147 g/mol. The maximum absolute atomic E-state index is 10.5. The molecule has 5 nitrogen and oxygen atoms in total. The van der Waals surface area contributed by atoms with Gasteiger partial charge < -0.3 is 11.1 Å². The van der Waals surface area contributed by atoms with E-state index in [0.717, 1.165) is 16.3 Å². The summed E-state index contributed by atoms with van der Waals surface area (Å²) in [7, 11) is 0. The SMILES string of the molecule is NC(=O)N1SCNC1=O. The van der Waals surface area contributed by atoms with Crippen LogP contribution in [0.4, 0.5) is 9.59 Å². The molecular formula is C3H5N3O2S. The maximum Gasteiger partial charge on any atom is 0.336 e. The molecule has 1 saturated heterocycles. The van der Waals surface area contributed by atoms with E-state index in [1.807, 2.05) is 0 Å². The Bertz CT molecular complexity index is 159. The minimum Gasteiger partial charge on any atom is -0.350 e. The Kier molecular flexibility index (Phi) is 1.48. The molecule has 1 aliphatic heterocycles. The van der Waals surface area contributed by atoms with Crippen molar-refractivity contribution in [3.05, 3.63) is 0 Å². The minimum atomic E-state index is -0.727. The lowest BCUT2D eigenvalue weighted by Gasteiger charge is -2.03. The molecule has 0 aliphatic carbocycles. The molecule has 0 saturated carbocycles. The topological polar surface area (TPSA) is 75.4 Å². The van der Waals surface area contributed by atoms with Crippen molar-refractivity contribution >= 4 is 24.0 Å². The fourth-order valence-corrected chi connectivity index (χ4v) is 1.08. The highest BCUT2D eigenvalue weighted by atomic mass is 32.2. The average molecular weight is 147 g/mol. The third-order valence-corrected chi connectivity index (χ3v) is 1.68. The van der Waals surface area contributed by atoms with E-state index in [1.54, 1.807) is 0 Å². The lowest BCUT2D eigenvalue weighted by Crippen LogP contribution is -2.34. The number of nitrogens with zero attached hydrogens (tertiary/aromatic N) is 1. The third-order valence-electron chi connectivity index (χ3n) is 0.802. The van der Waals surface area contributed by atoms with E-state index in [-0.39, 0.29) is 0 Å². The molecule has 0 aromatic heterocycles. The molecule has 1 rings (SSSR count). The van der Waals surface area contributed by atoms with E-state index in [4.69, 9.17) is 5.73 Å². The smallest absolute Gasteiger partial charge is 0.336 e. The molecule has 1 aliphatic rings. The van der Waals surface area contributed by atoms with Gasteiger partial charge in [0.1, 0.15) is 0 Å². The lowest BCUT2D eigenvalue weighted by molar-refractivity contribution is 0.219. The highest BCUT2D eigenvalue weighted by Gasteiger charge is 2.24. The van der Waals surface area contributed by atoms with Crippen molar-refractivity contribution in [3.63, 3.8) is 0 Å². The van der Waals surface area contributed by atoms with Crippen LogP contribution in [0.2, 0.25) is 0 Å². The summed E-state index contributed by atoms with van der Waals surface area (Å²) >= 11 is 1.06. The Morgan fingerprint density at radius 3 is 2.78 bits per heavy atom. The summed E-state index contributed by atoms with van der Waals surface area (Å²) in [5.74, 6) is 0.418. The standard InChI is InChI=1S/C3H5N3O2S/c4-2(7)6-3(8)5-1-9-6/h1H2,(H2,4,7)(H,5,8). The van der Waals surface area contributed by atoms with E-state index < -0.39 is 12.1 Å². The fraction of sp³-hybridized carbons (Fsp3) is 0.333. The van der Waals surface area contributed by atoms with Gasteiger partial charge in [0.15, 0.2) is 0 Å². The molecule has 1 fully saturated rings. The van der Waals surface area contributed by atoms with Gasteiger partial charge in [-0.15, -0.1) is 0 Å². The van der Waals surface area contributed by atoms with Crippen LogP contribution in [-0.2, 0) is 0 Å². The zero-order chi connectivity index (χ0) is 6.85. The minimum absolute atomic E-state index is 0.418. The number of urea groups is 2. The number of nitrogens with two attached hydrogens (primary N) is 1. The van der Waals surface area contributed by atoms with Crippen LogP contribution in [0.25, 0.3) is 0 Å². The predicted molar refractivity (Wildman–Crippen MR) is 32.4 cm³/mol. The number of carbonyl (C=O) groups excluding carboxylic acids is 2. The third kappa shape index (κ3) is 1.07. The Labute approximate surface area is 55.7 Å². The molecule has 6 heteroatoms. The van der Waals surface area contributed by atoms with Gasteiger partial charge in [0.2, 0.25) is 0 Å². The molecule has 0 radical (unpaired) electrons. The second-order valence-electron chi connectivity index (χ2n) is 1.39. The van der Waals surface area contributed by atoms with Crippen LogP contribution >= 0.6 is 11.9 Å². The van der Waals surface area contributed by atoms with Crippen molar-refractivity contribution in [2.45, 2.75) is 0 Å². The number of hydrogen-bond donors (Lipinski definition) is 2. The van der Waals surface area contributed by atoms with Crippen LogP contribution in [0.3, 0.4) is 0 Å². The first-order valence-electron chi connectivity index (χ1n) is 2.22. The molecule has 0 bridgehead atoms. The summed E-state index contributed by atoms with van der Waals surface area (Å²) in [6.07, 6.45) is 0. The van der Waals surface area contributed by atoms with Gasteiger partial charge in [-0.05, 0) is 11.9 Å². The van der Waals surface area contributed by atoms with E-state index >= 15 is 0 Å². The van der Waals surface area contributed by atoms with E-state index in [2.05, 4.69) is 5.32 Å². The van der Waals surface area contributed by atoms with Gasteiger partial charge in [0.05, 0.1) is 5.88 Å². The average Bonchev–Trinajstić information content (AvgIpc) is 2.13. The van der Waals surface area contributed by atoms with Gasteiger partial charge in [0, 0.05) is 0 Å². The molecule has 0 aromatic rings. The quantitative estimate of drug-likeness (QED) is 0.462. The van der Waals surface area contributed by atoms with Crippen LogP contribution in [0.5, 0.6) is 0 Å². The van der Waals surface area contributed by atoms with Crippen LogP contribution in [0, 0.1) is 0 Å². The van der Waals surface area contributed by atoms with Gasteiger partial charge >= 0.3 is 12.1 Å². The Morgan fingerprint density at radius 1 is 1.89 bits per heavy atom. The summed E-state index contributed by atoms with van der Waals surface area (Å²) in [6, 6.07) is -1.16. The van der Waals surface area contributed by atoms with Crippen molar-refractivity contribution in [1.29, 1.82) is 0 Å². The number of primary amides is 1. The van der Waals surface area contributed by atoms with Crippen LogP contribution in [-0.4, -0.2) is 22.2 Å². The summed E-state index contributed by atoms with van der Waals surface area (Å²) in [5, 5.41) is 2.40. The predicted octanol–water partition coefficient (Wildman–Crippen LogP) is -0.304. The molecule has 50 valence electrons. The second kappa shape index (κ2) is 2.14. The molecule has 9 heavy (non-hydrogen) atoms. The highest BCUT2D eigenvalue weighted by molar-refractivity contribution is 7.98. The molecule has 1 heterocycles. The summed E-state index contributed by atoms with van der Waals surface area (Å²) in [5.41, 5.74) is 4.79. The number of carbonyl (C=O) groups is 2. The number of amides is 4. The maximum atomic E-state index is 10.5.